The molecule has 3 rings (SSSR count). The molecule has 2 heterocycles. The van der Waals surface area contributed by atoms with Gasteiger partial charge in [-0.05, 0) is 49.6 Å². The second-order valence-electron chi connectivity index (χ2n) is 6.15. The van der Waals surface area contributed by atoms with E-state index in [0.717, 1.165) is 20.2 Å². The van der Waals surface area contributed by atoms with Crippen molar-refractivity contribution in [3.8, 4) is 0 Å². The highest BCUT2D eigenvalue weighted by molar-refractivity contribution is 7.86. The molecule has 4 nitrogen and oxygen atoms in total. The summed E-state index contributed by atoms with van der Waals surface area (Å²) in [6.07, 6.45) is 0.469. The molecular formula is C19H20O4S3. The quantitative estimate of drug-likeness (QED) is 0.591. The van der Waals surface area contributed by atoms with Crippen LogP contribution >= 0.6 is 22.7 Å². The van der Waals surface area contributed by atoms with Crippen molar-refractivity contribution in [2.24, 2.45) is 0 Å². The highest BCUT2D eigenvalue weighted by Crippen LogP contribution is 2.36. The molecule has 0 fully saturated rings. The van der Waals surface area contributed by atoms with E-state index in [1.807, 2.05) is 36.6 Å². The standard InChI is InChI=1S/C19H20O4S3/c1-14-5-8-16(9-6-14)26(21,22)23-12-11-15-7-10-18(25-15)19(2,20)17-4-3-13-24-17/h3-10,13,20H,11-12H2,1-2H3. The maximum atomic E-state index is 12.2. The summed E-state index contributed by atoms with van der Waals surface area (Å²) < 4.78 is 29.5. The molecule has 26 heavy (non-hydrogen) atoms. The van der Waals surface area contributed by atoms with Crippen molar-refractivity contribution in [3.05, 3.63) is 74.1 Å². The van der Waals surface area contributed by atoms with Crippen molar-refractivity contribution in [2.75, 3.05) is 6.61 Å². The lowest BCUT2D eigenvalue weighted by Crippen LogP contribution is -2.19. The van der Waals surface area contributed by atoms with Gasteiger partial charge in [0.05, 0.1) is 11.5 Å². The Bertz CT molecular complexity index is 953. The number of hydrogen-bond donors (Lipinski definition) is 1. The highest BCUT2D eigenvalue weighted by Gasteiger charge is 2.28. The first-order valence-electron chi connectivity index (χ1n) is 8.11. The predicted molar refractivity (Wildman–Crippen MR) is 105 cm³/mol. The Balaban J connectivity index is 1.63. The molecule has 0 aliphatic rings. The van der Waals surface area contributed by atoms with Crippen LogP contribution in [0.3, 0.4) is 0 Å². The molecule has 0 bridgehead atoms. The van der Waals surface area contributed by atoms with Gasteiger partial charge in [0.15, 0.2) is 0 Å². The van der Waals surface area contributed by atoms with Gasteiger partial charge in [0.2, 0.25) is 0 Å². The lowest BCUT2D eigenvalue weighted by atomic mass is 10.0. The van der Waals surface area contributed by atoms with Crippen molar-refractivity contribution < 1.29 is 17.7 Å². The van der Waals surface area contributed by atoms with Crippen molar-refractivity contribution in [1.82, 2.24) is 0 Å². The normalized spacial score (nSPS) is 14.3. The molecule has 0 amide bonds. The predicted octanol–water partition coefficient (Wildman–Crippen LogP) is 4.32. The second-order valence-corrected chi connectivity index (χ2v) is 9.89. The summed E-state index contributed by atoms with van der Waals surface area (Å²) in [5.74, 6) is 0. The van der Waals surface area contributed by atoms with Crippen molar-refractivity contribution >= 4 is 32.8 Å². The summed E-state index contributed by atoms with van der Waals surface area (Å²) in [5.41, 5.74) is -0.0424. The van der Waals surface area contributed by atoms with E-state index < -0.39 is 15.7 Å². The van der Waals surface area contributed by atoms with Gasteiger partial charge < -0.3 is 5.11 Å². The number of rotatable bonds is 7. The average Bonchev–Trinajstić information content (AvgIpc) is 3.27. The van der Waals surface area contributed by atoms with Gasteiger partial charge in [-0.15, -0.1) is 22.7 Å². The molecule has 1 unspecified atom stereocenters. The van der Waals surface area contributed by atoms with Gasteiger partial charge in [0.1, 0.15) is 5.60 Å². The van der Waals surface area contributed by atoms with Gasteiger partial charge in [-0.2, -0.15) is 8.42 Å². The molecule has 138 valence electrons. The molecule has 7 heteroatoms. The van der Waals surface area contributed by atoms with Crippen LogP contribution in [0, 0.1) is 6.92 Å². The van der Waals surface area contributed by atoms with Crippen LogP contribution in [0.2, 0.25) is 0 Å². The van der Waals surface area contributed by atoms with E-state index in [-0.39, 0.29) is 11.5 Å². The first kappa shape index (κ1) is 19.3. The number of aliphatic hydroxyl groups is 1. The smallest absolute Gasteiger partial charge is 0.296 e. The van der Waals surface area contributed by atoms with Gasteiger partial charge in [-0.1, -0.05) is 23.8 Å². The fourth-order valence-electron chi connectivity index (χ4n) is 2.48. The molecule has 0 saturated carbocycles. The molecule has 0 saturated heterocycles. The van der Waals surface area contributed by atoms with Crippen molar-refractivity contribution in [2.45, 2.75) is 30.8 Å². The van der Waals surface area contributed by atoms with E-state index in [9.17, 15) is 13.5 Å². The third-order valence-electron chi connectivity index (χ3n) is 4.04. The van der Waals surface area contributed by atoms with Crippen LogP contribution in [0.15, 0.2) is 58.8 Å². The maximum absolute atomic E-state index is 12.2. The van der Waals surface area contributed by atoms with Crippen molar-refractivity contribution in [3.63, 3.8) is 0 Å². The third kappa shape index (κ3) is 4.24. The number of hydrogen-bond acceptors (Lipinski definition) is 6. The van der Waals surface area contributed by atoms with Crippen LogP contribution in [0.5, 0.6) is 0 Å². The SMILES string of the molecule is Cc1ccc(S(=O)(=O)OCCc2ccc(C(C)(O)c3cccs3)s2)cc1. The van der Waals surface area contributed by atoms with Crippen LogP contribution in [-0.2, 0) is 26.3 Å². The molecular weight excluding hydrogens is 388 g/mol. The third-order valence-corrected chi connectivity index (χ3v) is 7.80. The van der Waals surface area contributed by atoms with E-state index >= 15 is 0 Å². The van der Waals surface area contributed by atoms with Crippen LogP contribution < -0.4 is 0 Å². The number of benzene rings is 1. The number of thiophene rings is 2. The molecule has 1 aromatic carbocycles. The molecule has 0 spiro atoms. The Morgan fingerprint density at radius 1 is 1.08 bits per heavy atom. The van der Waals surface area contributed by atoms with Crippen molar-refractivity contribution in [1.29, 1.82) is 0 Å². The zero-order valence-electron chi connectivity index (χ0n) is 14.5. The Labute approximate surface area is 161 Å². The minimum Gasteiger partial charge on any atom is -0.379 e. The van der Waals surface area contributed by atoms with E-state index in [4.69, 9.17) is 4.18 Å². The molecule has 2 aromatic heterocycles. The number of aryl methyl sites for hydroxylation is 1. The summed E-state index contributed by atoms with van der Waals surface area (Å²) in [6, 6.07) is 14.2. The second kappa shape index (κ2) is 7.62. The lowest BCUT2D eigenvalue weighted by molar-refractivity contribution is 0.110. The zero-order valence-corrected chi connectivity index (χ0v) is 17.0. The van der Waals surface area contributed by atoms with Gasteiger partial charge >= 0.3 is 0 Å². The average molecular weight is 409 g/mol. The van der Waals surface area contributed by atoms with Crippen LogP contribution in [-0.4, -0.2) is 20.1 Å². The Hall–Kier alpha value is -1.51. The largest absolute Gasteiger partial charge is 0.379 e. The molecule has 0 aliphatic carbocycles. The van der Waals surface area contributed by atoms with E-state index in [1.54, 1.807) is 31.2 Å². The van der Waals surface area contributed by atoms with Crippen LogP contribution in [0.25, 0.3) is 0 Å². The van der Waals surface area contributed by atoms with Gasteiger partial charge in [0.25, 0.3) is 10.1 Å². The molecule has 0 aliphatic heterocycles. The van der Waals surface area contributed by atoms with Gasteiger partial charge in [0, 0.05) is 21.1 Å². The summed E-state index contributed by atoms with van der Waals surface area (Å²) >= 11 is 2.97. The summed E-state index contributed by atoms with van der Waals surface area (Å²) in [7, 11) is -3.75. The van der Waals surface area contributed by atoms with Crippen LogP contribution in [0.1, 0.15) is 27.1 Å². The fraction of sp³-hybridized carbons (Fsp3) is 0.263. The minimum atomic E-state index is -3.75. The zero-order chi connectivity index (χ0) is 18.8. The lowest BCUT2D eigenvalue weighted by Gasteiger charge is -2.20. The summed E-state index contributed by atoms with van der Waals surface area (Å²) in [5, 5.41) is 12.7. The van der Waals surface area contributed by atoms with E-state index in [0.29, 0.717) is 6.42 Å². The monoisotopic (exact) mass is 408 g/mol. The van der Waals surface area contributed by atoms with Crippen LogP contribution in [0.4, 0.5) is 0 Å². The highest BCUT2D eigenvalue weighted by atomic mass is 32.2. The molecule has 0 radical (unpaired) electrons. The fourth-order valence-corrected chi connectivity index (χ4v) is 5.30. The Kier molecular flexibility index (Phi) is 5.64. The molecule has 1 atom stereocenters. The molecule has 3 aromatic rings. The topological polar surface area (TPSA) is 63.6 Å². The first-order chi connectivity index (χ1) is 12.3. The minimum absolute atomic E-state index is 0.0668. The van der Waals surface area contributed by atoms with E-state index in [1.165, 1.54) is 22.7 Å². The summed E-state index contributed by atoms with van der Waals surface area (Å²) in [4.78, 5) is 2.84. The Morgan fingerprint density at radius 2 is 1.81 bits per heavy atom. The van der Waals surface area contributed by atoms with Gasteiger partial charge in [-0.25, -0.2) is 0 Å². The molecule has 1 N–H and O–H groups in total. The maximum Gasteiger partial charge on any atom is 0.296 e. The van der Waals surface area contributed by atoms with Gasteiger partial charge in [-0.3, -0.25) is 4.18 Å². The van der Waals surface area contributed by atoms with E-state index in [2.05, 4.69) is 0 Å². The Morgan fingerprint density at radius 3 is 2.46 bits per heavy atom. The first-order valence-corrected chi connectivity index (χ1v) is 11.2. The summed E-state index contributed by atoms with van der Waals surface area (Å²) in [6.45, 7) is 3.74.